The van der Waals surface area contributed by atoms with Gasteiger partial charge in [0.15, 0.2) is 0 Å². The summed E-state index contributed by atoms with van der Waals surface area (Å²) in [6.45, 7) is 2.63. The predicted octanol–water partition coefficient (Wildman–Crippen LogP) is 0.294. The zero-order valence-corrected chi connectivity index (χ0v) is 7.43. The van der Waals surface area contributed by atoms with Crippen LogP contribution in [0.5, 0.6) is 0 Å². The van der Waals surface area contributed by atoms with Gasteiger partial charge in [0.2, 0.25) is 0 Å². The average molecular weight is 311 g/mol. The number of carbonyl (C=O) groups is 2. The second kappa shape index (κ2) is 4.68. The molecule has 0 aromatic rings. The molecule has 0 fully saturated rings. The Bertz CT molecular complexity index is 107. The van der Waals surface area contributed by atoms with Gasteiger partial charge in [-0.2, -0.15) is 0 Å². The van der Waals surface area contributed by atoms with E-state index in [2.05, 4.69) is 0 Å². The Kier molecular flexibility index (Phi) is 6.04. The Morgan fingerprint density at radius 2 is 1.78 bits per heavy atom. The van der Waals surface area contributed by atoms with E-state index in [9.17, 15) is 9.59 Å². The Morgan fingerprint density at radius 1 is 1.44 bits per heavy atom. The van der Waals surface area contributed by atoms with E-state index in [4.69, 9.17) is 5.11 Å². The van der Waals surface area contributed by atoms with Crippen molar-refractivity contribution in [3.05, 3.63) is 0 Å². The monoisotopic (exact) mass is 311 g/mol. The van der Waals surface area contributed by atoms with E-state index in [0.29, 0.717) is 0 Å². The van der Waals surface area contributed by atoms with Crippen LogP contribution in [-0.4, -0.2) is 16.9 Å². The molecule has 0 heterocycles. The molecule has 0 aliphatic carbocycles. The molecule has 0 aliphatic rings. The normalized spacial score (nSPS) is 11.3. The Labute approximate surface area is 67.7 Å². The number of Topliss-reactive ketones (excluding diaryl/α,β-unsaturated/α-hetero) is 1. The van der Waals surface area contributed by atoms with Crippen LogP contribution < -0.4 is 0 Å². The fourth-order valence-electron chi connectivity index (χ4n) is 0.174. The van der Waals surface area contributed by atoms with E-state index in [1.54, 1.807) is 0 Å². The summed E-state index contributed by atoms with van der Waals surface area (Å²) in [7, 11) is 0. The molecule has 0 saturated heterocycles. The minimum absolute atomic E-state index is 0. The number of rotatable bonds is 2. The summed E-state index contributed by atoms with van der Waals surface area (Å²) in [6.07, 6.45) is 0. The number of carboxylic acid groups (broad SMARTS) is 1. The molecular weight excluding hydrogens is 303 g/mol. The van der Waals surface area contributed by atoms with E-state index in [0.717, 1.165) is 0 Å². The summed E-state index contributed by atoms with van der Waals surface area (Å²) < 4.78 is 0. The van der Waals surface area contributed by atoms with Crippen LogP contribution in [0, 0.1) is 5.92 Å². The first-order valence-corrected chi connectivity index (χ1v) is 2.29. The van der Waals surface area contributed by atoms with Crippen molar-refractivity contribution in [2.24, 2.45) is 5.92 Å². The predicted molar refractivity (Wildman–Crippen MR) is 27.5 cm³/mol. The Hall–Kier alpha value is -0.172. The van der Waals surface area contributed by atoms with Crippen LogP contribution >= 0.6 is 0 Å². The van der Waals surface area contributed by atoms with Gasteiger partial charge in [0.25, 0.3) is 0 Å². The first-order valence-electron chi connectivity index (χ1n) is 2.29. The van der Waals surface area contributed by atoms with Crippen molar-refractivity contribution in [1.29, 1.82) is 0 Å². The van der Waals surface area contributed by atoms with Crippen LogP contribution in [0.15, 0.2) is 0 Å². The first-order chi connectivity index (χ1) is 3.55. The molecule has 0 aromatic carbocycles. The molecular formula is C5H8O3Pt. The van der Waals surface area contributed by atoms with Gasteiger partial charge in [-0.05, 0) is 13.8 Å². The Morgan fingerprint density at radius 3 is 1.78 bits per heavy atom. The van der Waals surface area contributed by atoms with Crippen molar-refractivity contribution >= 4 is 11.8 Å². The largest absolute Gasteiger partial charge is 0.481 e. The van der Waals surface area contributed by atoms with E-state index in [1.165, 1.54) is 13.8 Å². The average Bonchev–Trinajstić information content (AvgIpc) is 1.64. The maximum Gasteiger partial charge on any atom is 0.313 e. The quantitative estimate of drug-likeness (QED) is 0.746. The third-order valence-corrected chi connectivity index (χ3v) is 0.980. The van der Waals surface area contributed by atoms with Gasteiger partial charge in [-0.3, -0.25) is 9.59 Å². The topological polar surface area (TPSA) is 54.4 Å². The SMILES string of the molecule is CC(=O)C(C)C(=O)O.[Pt]. The molecule has 9 heavy (non-hydrogen) atoms. The van der Waals surface area contributed by atoms with Gasteiger partial charge in [-0.1, -0.05) is 0 Å². The van der Waals surface area contributed by atoms with E-state index in [-0.39, 0.29) is 26.8 Å². The van der Waals surface area contributed by atoms with Crippen LogP contribution in [0.4, 0.5) is 0 Å². The minimum atomic E-state index is -1.06. The molecule has 56 valence electrons. The summed E-state index contributed by atoms with van der Waals surface area (Å²) in [5, 5.41) is 8.13. The van der Waals surface area contributed by atoms with Gasteiger partial charge in [0.05, 0.1) is 0 Å². The molecule has 0 spiro atoms. The first kappa shape index (κ1) is 11.6. The standard InChI is InChI=1S/C5H8O3.Pt/c1-3(4(2)6)5(7)8;/h3H,1-2H3,(H,7,8);. The summed E-state index contributed by atoms with van der Waals surface area (Å²) in [5.41, 5.74) is 0. The fourth-order valence-corrected chi connectivity index (χ4v) is 0.174. The molecule has 0 rings (SSSR count). The molecule has 3 nitrogen and oxygen atoms in total. The van der Waals surface area contributed by atoms with Crippen molar-refractivity contribution in [2.75, 3.05) is 0 Å². The van der Waals surface area contributed by atoms with Crippen LogP contribution in [-0.2, 0) is 30.7 Å². The summed E-state index contributed by atoms with van der Waals surface area (Å²) in [6, 6.07) is 0. The molecule has 1 unspecified atom stereocenters. The van der Waals surface area contributed by atoms with Crippen LogP contribution in [0.25, 0.3) is 0 Å². The van der Waals surface area contributed by atoms with Crippen LogP contribution in [0.3, 0.4) is 0 Å². The molecule has 0 radical (unpaired) electrons. The second-order valence-electron chi connectivity index (χ2n) is 1.67. The molecule has 0 bridgehead atoms. The number of carbonyl (C=O) groups excluding carboxylic acids is 1. The van der Waals surface area contributed by atoms with Gasteiger partial charge >= 0.3 is 5.97 Å². The van der Waals surface area contributed by atoms with Gasteiger partial charge in [0, 0.05) is 21.1 Å². The van der Waals surface area contributed by atoms with Gasteiger partial charge in [-0.15, -0.1) is 0 Å². The molecule has 0 aliphatic heterocycles. The maximum absolute atomic E-state index is 10.2. The number of carboxylic acids is 1. The Balaban J connectivity index is 0. The van der Waals surface area contributed by atoms with Crippen molar-refractivity contribution in [3.63, 3.8) is 0 Å². The summed E-state index contributed by atoms with van der Waals surface area (Å²) in [5.74, 6) is -2.22. The number of aliphatic carboxylic acids is 1. The molecule has 0 saturated carbocycles. The van der Waals surface area contributed by atoms with Crippen molar-refractivity contribution in [1.82, 2.24) is 0 Å². The molecule has 1 atom stereocenters. The molecule has 1 N–H and O–H groups in total. The number of ketones is 1. The third kappa shape index (κ3) is 4.34. The van der Waals surface area contributed by atoms with Crippen molar-refractivity contribution in [3.8, 4) is 0 Å². The van der Waals surface area contributed by atoms with Crippen molar-refractivity contribution in [2.45, 2.75) is 13.8 Å². The zero-order chi connectivity index (χ0) is 6.73. The van der Waals surface area contributed by atoms with Crippen molar-refractivity contribution < 1.29 is 35.8 Å². The van der Waals surface area contributed by atoms with E-state index >= 15 is 0 Å². The minimum Gasteiger partial charge on any atom is -0.481 e. The van der Waals surface area contributed by atoms with Gasteiger partial charge in [0.1, 0.15) is 11.7 Å². The fraction of sp³-hybridized carbons (Fsp3) is 0.600. The second-order valence-corrected chi connectivity index (χ2v) is 1.67. The van der Waals surface area contributed by atoms with E-state index < -0.39 is 11.9 Å². The molecule has 4 heteroatoms. The maximum atomic E-state index is 10.2. The van der Waals surface area contributed by atoms with Gasteiger partial charge < -0.3 is 5.11 Å². The van der Waals surface area contributed by atoms with E-state index in [1.807, 2.05) is 0 Å². The summed E-state index contributed by atoms with van der Waals surface area (Å²) >= 11 is 0. The molecule has 0 amide bonds. The van der Waals surface area contributed by atoms with Gasteiger partial charge in [-0.25, -0.2) is 0 Å². The van der Waals surface area contributed by atoms with Crippen LogP contribution in [0.1, 0.15) is 13.8 Å². The zero-order valence-electron chi connectivity index (χ0n) is 5.16. The third-order valence-electron chi connectivity index (χ3n) is 0.980. The molecule has 0 aromatic heterocycles. The van der Waals surface area contributed by atoms with Crippen LogP contribution in [0.2, 0.25) is 0 Å². The number of hydrogen-bond donors (Lipinski definition) is 1. The summed E-state index contributed by atoms with van der Waals surface area (Å²) in [4.78, 5) is 20.1. The smallest absolute Gasteiger partial charge is 0.313 e. The number of hydrogen-bond acceptors (Lipinski definition) is 2.